The number of carbonyl (C=O) groups excluding carboxylic acids is 1. The predicted molar refractivity (Wildman–Crippen MR) is 80.6 cm³/mol. The second-order valence-corrected chi connectivity index (χ2v) is 5.09. The van der Waals surface area contributed by atoms with Crippen molar-refractivity contribution in [2.45, 2.75) is 33.7 Å². The Kier molecular flexibility index (Phi) is 4.16. The van der Waals surface area contributed by atoms with E-state index in [9.17, 15) is 14.7 Å². The number of nitrogens with one attached hydrogen (secondary N) is 2. The molecule has 0 unspecified atom stereocenters. The summed E-state index contributed by atoms with van der Waals surface area (Å²) >= 11 is 0. The van der Waals surface area contributed by atoms with Crippen LogP contribution in [0.5, 0.6) is 5.75 Å². The summed E-state index contributed by atoms with van der Waals surface area (Å²) in [5, 5.41) is 12.1. The van der Waals surface area contributed by atoms with E-state index >= 15 is 0 Å². The lowest BCUT2D eigenvalue weighted by molar-refractivity contribution is -0.116. The quantitative estimate of drug-likeness (QED) is 0.750. The van der Waals surface area contributed by atoms with Crippen molar-refractivity contribution in [3.05, 3.63) is 45.6 Å². The second-order valence-electron chi connectivity index (χ2n) is 5.09. The summed E-state index contributed by atoms with van der Waals surface area (Å²) in [4.78, 5) is 26.3. The second kappa shape index (κ2) is 5.87. The Morgan fingerprint density at radius 2 is 2.05 bits per heavy atom. The molecule has 0 saturated heterocycles. The highest BCUT2D eigenvalue weighted by Gasteiger charge is 2.10. The van der Waals surface area contributed by atoms with Crippen LogP contribution in [0.25, 0.3) is 0 Å². The number of phenols is 1. The Labute approximate surface area is 122 Å². The maximum absolute atomic E-state index is 12.0. The number of H-pyrrole nitrogens is 1. The van der Waals surface area contributed by atoms with Crippen LogP contribution in [-0.4, -0.2) is 20.6 Å². The fourth-order valence-electron chi connectivity index (χ4n) is 2.16. The first-order chi connectivity index (χ1) is 9.88. The summed E-state index contributed by atoms with van der Waals surface area (Å²) in [5.74, 6) is -0.00980. The van der Waals surface area contributed by atoms with E-state index in [1.807, 2.05) is 13.8 Å². The largest absolute Gasteiger partial charge is 0.508 e. The zero-order chi connectivity index (χ0) is 15.6. The molecule has 0 fully saturated rings. The molecule has 3 N–H and O–H groups in total. The van der Waals surface area contributed by atoms with E-state index in [0.29, 0.717) is 12.2 Å². The van der Waals surface area contributed by atoms with Crippen molar-refractivity contribution in [2.24, 2.45) is 0 Å². The van der Waals surface area contributed by atoms with Gasteiger partial charge in [0.1, 0.15) is 5.75 Å². The summed E-state index contributed by atoms with van der Waals surface area (Å²) in [7, 11) is 0. The Balaban J connectivity index is 2.01. The number of hydrogen-bond acceptors (Lipinski definition) is 3. The molecule has 6 heteroatoms. The number of carbonyl (C=O) groups is 1. The van der Waals surface area contributed by atoms with Gasteiger partial charge in [0.2, 0.25) is 5.91 Å². The molecule has 0 aliphatic carbocycles. The van der Waals surface area contributed by atoms with Crippen LogP contribution in [0.1, 0.15) is 23.4 Å². The van der Waals surface area contributed by atoms with Crippen LogP contribution in [0.15, 0.2) is 23.0 Å². The number of aromatic hydroxyl groups is 1. The smallest absolute Gasteiger partial charge is 0.325 e. The number of anilines is 1. The lowest BCUT2D eigenvalue weighted by Crippen LogP contribution is -2.22. The van der Waals surface area contributed by atoms with E-state index in [-0.39, 0.29) is 23.8 Å². The Bertz CT molecular complexity index is 728. The van der Waals surface area contributed by atoms with Crippen molar-refractivity contribution >= 4 is 11.6 Å². The third-order valence-corrected chi connectivity index (χ3v) is 3.53. The molecule has 0 saturated carbocycles. The first-order valence-corrected chi connectivity index (χ1v) is 6.74. The number of phenolic OH excluding ortho intramolecular Hbond substituents is 1. The van der Waals surface area contributed by atoms with Gasteiger partial charge < -0.3 is 15.4 Å². The average Bonchev–Trinajstić information content (AvgIpc) is 2.65. The minimum atomic E-state index is -0.196. The molecule has 21 heavy (non-hydrogen) atoms. The van der Waals surface area contributed by atoms with Crippen molar-refractivity contribution in [1.29, 1.82) is 0 Å². The standard InChI is InChI=1S/C15H19N3O3/c1-9-8-12(19)4-5-13(9)17-14(20)6-7-18-11(3)10(2)16-15(18)21/h4-5,8,19H,6-7H2,1-3H3,(H,16,21)(H,17,20). The minimum absolute atomic E-state index is 0.162. The number of amides is 1. The van der Waals surface area contributed by atoms with Crippen molar-refractivity contribution in [3.63, 3.8) is 0 Å². The fourth-order valence-corrected chi connectivity index (χ4v) is 2.16. The predicted octanol–water partition coefficient (Wildman–Crippen LogP) is 1.84. The zero-order valence-corrected chi connectivity index (χ0v) is 12.4. The van der Waals surface area contributed by atoms with Gasteiger partial charge in [-0.05, 0) is 44.5 Å². The van der Waals surface area contributed by atoms with E-state index in [2.05, 4.69) is 10.3 Å². The van der Waals surface area contributed by atoms with Gasteiger partial charge in [-0.3, -0.25) is 9.36 Å². The molecular weight excluding hydrogens is 270 g/mol. The molecule has 1 heterocycles. The minimum Gasteiger partial charge on any atom is -0.508 e. The molecule has 0 atom stereocenters. The van der Waals surface area contributed by atoms with E-state index in [1.54, 1.807) is 23.6 Å². The molecule has 0 spiro atoms. The van der Waals surface area contributed by atoms with Crippen LogP contribution in [-0.2, 0) is 11.3 Å². The monoisotopic (exact) mass is 289 g/mol. The maximum Gasteiger partial charge on any atom is 0.325 e. The third kappa shape index (κ3) is 3.34. The highest BCUT2D eigenvalue weighted by Crippen LogP contribution is 2.20. The number of aromatic nitrogens is 2. The van der Waals surface area contributed by atoms with E-state index in [1.165, 1.54) is 6.07 Å². The SMILES string of the molecule is Cc1cc(O)ccc1NC(=O)CCn1c(C)c(C)[nH]c1=O. The molecular formula is C15H19N3O3. The summed E-state index contributed by atoms with van der Waals surface area (Å²) in [5.41, 5.74) is 2.91. The van der Waals surface area contributed by atoms with Crippen molar-refractivity contribution in [2.75, 3.05) is 5.32 Å². The third-order valence-electron chi connectivity index (χ3n) is 3.53. The highest BCUT2D eigenvalue weighted by molar-refractivity contribution is 5.91. The molecule has 2 rings (SSSR count). The van der Waals surface area contributed by atoms with Crippen LogP contribution in [0.2, 0.25) is 0 Å². The van der Waals surface area contributed by atoms with Gasteiger partial charge in [0, 0.05) is 30.0 Å². The molecule has 1 aromatic heterocycles. The van der Waals surface area contributed by atoms with Crippen LogP contribution < -0.4 is 11.0 Å². The molecule has 0 aliphatic heterocycles. The van der Waals surface area contributed by atoms with Gasteiger partial charge in [-0.1, -0.05) is 0 Å². The number of nitrogens with zero attached hydrogens (tertiary/aromatic N) is 1. The molecule has 1 aromatic carbocycles. The van der Waals surface area contributed by atoms with Crippen LogP contribution in [0.3, 0.4) is 0 Å². The van der Waals surface area contributed by atoms with Gasteiger partial charge in [0.15, 0.2) is 0 Å². The number of imidazole rings is 1. The number of aryl methyl sites for hydroxylation is 2. The van der Waals surface area contributed by atoms with Gasteiger partial charge in [-0.15, -0.1) is 0 Å². The summed E-state index contributed by atoms with van der Waals surface area (Å²) in [6.07, 6.45) is 0.207. The molecule has 0 radical (unpaired) electrons. The Hall–Kier alpha value is -2.50. The first kappa shape index (κ1) is 14.9. The van der Waals surface area contributed by atoms with Gasteiger partial charge >= 0.3 is 5.69 Å². The van der Waals surface area contributed by atoms with Gasteiger partial charge in [-0.25, -0.2) is 4.79 Å². The lowest BCUT2D eigenvalue weighted by Gasteiger charge is -2.09. The van der Waals surface area contributed by atoms with E-state index < -0.39 is 0 Å². The van der Waals surface area contributed by atoms with Crippen molar-refractivity contribution in [3.8, 4) is 5.75 Å². The molecule has 6 nitrogen and oxygen atoms in total. The van der Waals surface area contributed by atoms with Crippen LogP contribution in [0.4, 0.5) is 5.69 Å². The van der Waals surface area contributed by atoms with Gasteiger partial charge in [-0.2, -0.15) is 0 Å². The zero-order valence-electron chi connectivity index (χ0n) is 12.4. The molecule has 0 aliphatic rings. The average molecular weight is 289 g/mol. The summed E-state index contributed by atoms with van der Waals surface area (Å²) < 4.78 is 1.55. The van der Waals surface area contributed by atoms with Crippen LogP contribution >= 0.6 is 0 Å². The molecule has 0 bridgehead atoms. The maximum atomic E-state index is 12.0. The summed E-state index contributed by atoms with van der Waals surface area (Å²) in [6.45, 7) is 5.81. The number of hydrogen-bond donors (Lipinski definition) is 3. The normalized spacial score (nSPS) is 10.6. The van der Waals surface area contributed by atoms with Crippen molar-refractivity contribution in [1.82, 2.24) is 9.55 Å². The van der Waals surface area contributed by atoms with Crippen LogP contribution in [0, 0.1) is 20.8 Å². The fraction of sp³-hybridized carbons (Fsp3) is 0.333. The van der Waals surface area contributed by atoms with Crippen molar-refractivity contribution < 1.29 is 9.90 Å². The summed E-state index contributed by atoms with van der Waals surface area (Å²) in [6, 6.07) is 4.76. The number of benzene rings is 1. The van der Waals surface area contributed by atoms with E-state index in [4.69, 9.17) is 0 Å². The molecule has 112 valence electrons. The molecule has 1 amide bonds. The van der Waals surface area contributed by atoms with Gasteiger partial charge in [0.25, 0.3) is 0 Å². The van der Waals surface area contributed by atoms with Gasteiger partial charge in [0.05, 0.1) is 0 Å². The number of rotatable bonds is 4. The Morgan fingerprint density at radius 3 is 2.62 bits per heavy atom. The lowest BCUT2D eigenvalue weighted by atomic mass is 10.2. The molecule has 2 aromatic rings. The Morgan fingerprint density at radius 1 is 1.33 bits per heavy atom. The topological polar surface area (TPSA) is 87.1 Å². The number of aromatic amines is 1. The highest BCUT2D eigenvalue weighted by atomic mass is 16.3. The first-order valence-electron chi connectivity index (χ1n) is 6.74. The van der Waals surface area contributed by atoms with E-state index in [0.717, 1.165) is 17.0 Å².